The minimum Gasteiger partial charge on any atom is -0.394 e. The molecular formula is C12H13ClN2O5. The van der Waals surface area contributed by atoms with Crippen molar-refractivity contribution >= 4 is 22.5 Å². The predicted octanol–water partition coefficient (Wildman–Crippen LogP) is -0.443. The minimum absolute atomic E-state index is 0.412. The van der Waals surface area contributed by atoms with E-state index in [4.69, 9.17) is 26.3 Å². The largest absolute Gasteiger partial charge is 0.394 e. The average molecular weight is 301 g/mol. The van der Waals surface area contributed by atoms with E-state index < -0.39 is 31.2 Å². The van der Waals surface area contributed by atoms with E-state index in [1.165, 1.54) is 0 Å². The van der Waals surface area contributed by atoms with Gasteiger partial charge in [-0.25, -0.2) is 0 Å². The molecule has 0 saturated carbocycles. The molecule has 1 fully saturated rings. The molecule has 7 nitrogen and oxygen atoms in total. The molecule has 2 heterocycles. The summed E-state index contributed by atoms with van der Waals surface area (Å²) in [6, 6.07) is 5.25. The van der Waals surface area contributed by atoms with Gasteiger partial charge < -0.3 is 24.9 Å². The number of ether oxygens (including phenoxy) is 1. The van der Waals surface area contributed by atoms with Gasteiger partial charge in [0.15, 0.2) is 0 Å². The van der Waals surface area contributed by atoms with Crippen molar-refractivity contribution < 1.29 is 24.9 Å². The second kappa shape index (κ2) is 5.19. The summed E-state index contributed by atoms with van der Waals surface area (Å²) in [6.45, 7) is -0.412. The van der Waals surface area contributed by atoms with Crippen LogP contribution in [0.5, 0.6) is 0 Å². The van der Waals surface area contributed by atoms with Gasteiger partial charge in [-0.15, -0.1) is 9.94 Å². The van der Waals surface area contributed by atoms with Crippen LogP contribution in [0.2, 0.25) is 5.02 Å². The van der Waals surface area contributed by atoms with E-state index in [2.05, 4.69) is 5.10 Å². The van der Waals surface area contributed by atoms with Crippen molar-refractivity contribution in [1.82, 2.24) is 9.94 Å². The van der Waals surface area contributed by atoms with Crippen LogP contribution in [-0.2, 0) is 4.74 Å². The molecule has 0 amide bonds. The zero-order valence-corrected chi connectivity index (χ0v) is 11.0. The van der Waals surface area contributed by atoms with Crippen LogP contribution in [0.1, 0.15) is 0 Å². The quantitative estimate of drug-likeness (QED) is 0.711. The number of hydrogen-bond acceptors (Lipinski definition) is 6. The molecule has 2 aromatic rings. The summed E-state index contributed by atoms with van der Waals surface area (Å²) in [5, 5.41) is 33.7. The van der Waals surface area contributed by atoms with Gasteiger partial charge in [0, 0.05) is 5.39 Å². The fourth-order valence-electron chi connectivity index (χ4n) is 2.10. The third kappa shape index (κ3) is 2.23. The van der Waals surface area contributed by atoms with Crippen LogP contribution < -0.4 is 4.84 Å². The first-order valence-electron chi connectivity index (χ1n) is 6.03. The van der Waals surface area contributed by atoms with E-state index in [-0.39, 0.29) is 0 Å². The molecule has 0 unspecified atom stereocenters. The number of halogens is 1. The Hall–Kier alpha value is -1.38. The second-order valence-electron chi connectivity index (χ2n) is 4.52. The second-order valence-corrected chi connectivity index (χ2v) is 4.92. The van der Waals surface area contributed by atoms with Crippen LogP contribution in [0.3, 0.4) is 0 Å². The third-order valence-electron chi connectivity index (χ3n) is 3.19. The highest BCUT2D eigenvalue weighted by molar-refractivity contribution is 6.35. The Balaban J connectivity index is 1.81. The molecule has 4 atom stereocenters. The van der Waals surface area contributed by atoms with Crippen molar-refractivity contribution in [1.29, 1.82) is 0 Å². The average Bonchev–Trinajstić information content (AvgIpc) is 2.96. The summed E-state index contributed by atoms with van der Waals surface area (Å²) in [7, 11) is 0. The van der Waals surface area contributed by atoms with Crippen molar-refractivity contribution in [2.24, 2.45) is 0 Å². The first-order valence-corrected chi connectivity index (χ1v) is 6.41. The Morgan fingerprint density at radius 1 is 1.35 bits per heavy atom. The summed E-state index contributed by atoms with van der Waals surface area (Å²) in [6.07, 6.45) is -2.93. The Morgan fingerprint density at radius 2 is 2.15 bits per heavy atom. The van der Waals surface area contributed by atoms with Gasteiger partial charge in [0.05, 0.1) is 23.3 Å². The highest BCUT2D eigenvalue weighted by atomic mass is 35.5. The summed E-state index contributed by atoms with van der Waals surface area (Å²) >= 11 is 6.02. The SMILES string of the molecule is OC[C@H]1O[C@@H](On2cc3c(Cl)cccc3n2)[C@H](O)[C@@H]1O. The Labute approximate surface area is 118 Å². The molecule has 0 radical (unpaired) electrons. The van der Waals surface area contributed by atoms with Gasteiger partial charge in [-0.3, -0.25) is 0 Å². The highest BCUT2D eigenvalue weighted by Gasteiger charge is 2.44. The molecule has 3 N–H and O–H groups in total. The molecular weight excluding hydrogens is 288 g/mol. The minimum atomic E-state index is -1.27. The first kappa shape index (κ1) is 13.6. The van der Waals surface area contributed by atoms with E-state index >= 15 is 0 Å². The van der Waals surface area contributed by atoms with Gasteiger partial charge in [0.2, 0.25) is 0 Å². The molecule has 0 aliphatic carbocycles. The lowest BCUT2D eigenvalue weighted by Gasteiger charge is -2.15. The number of aliphatic hydroxyl groups is 3. The molecule has 0 spiro atoms. The number of nitrogens with zero attached hydrogens (tertiary/aromatic N) is 2. The number of aromatic nitrogens is 2. The van der Waals surface area contributed by atoms with Crippen molar-refractivity contribution in [2.45, 2.75) is 24.6 Å². The van der Waals surface area contributed by atoms with Gasteiger partial charge in [-0.05, 0) is 12.1 Å². The molecule has 0 bridgehead atoms. The van der Waals surface area contributed by atoms with Crippen molar-refractivity contribution in [2.75, 3.05) is 6.61 Å². The molecule has 108 valence electrons. The Bertz CT molecular complexity index is 619. The van der Waals surface area contributed by atoms with Crippen LogP contribution in [0, 0.1) is 0 Å². The Morgan fingerprint density at radius 3 is 2.80 bits per heavy atom. The van der Waals surface area contributed by atoms with Gasteiger partial charge in [-0.1, -0.05) is 17.7 Å². The summed E-state index contributed by atoms with van der Waals surface area (Å²) in [5.74, 6) is 0. The number of hydrogen-bond donors (Lipinski definition) is 3. The maximum absolute atomic E-state index is 9.77. The van der Waals surface area contributed by atoms with Crippen molar-refractivity contribution in [3.8, 4) is 0 Å². The van der Waals surface area contributed by atoms with Gasteiger partial charge in [-0.2, -0.15) is 0 Å². The molecule has 20 heavy (non-hydrogen) atoms. The van der Waals surface area contributed by atoms with Crippen LogP contribution in [0.15, 0.2) is 24.4 Å². The zero-order valence-electron chi connectivity index (χ0n) is 10.3. The van der Waals surface area contributed by atoms with E-state index in [9.17, 15) is 10.2 Å². The number of aliphatic hydroxyl groups excluding tert-OH is 3. The smallest absolute Gasteiger partial charge is 0.256 e. The molecule has 1 aliphatic heterocycles. The Kier molecular flexibility index (Phi) is 3.53. The van der Waals surface area contributed by atoms with E-state index in [1.54, 1.807) is 24.4 Å². The van der Waals surface area contributed by atoms with E-state index in [0.717, 1.165) is 4.85 Å². The fraction of sp³-hybridized carbons (Fsp3) is 0.417. The van der Waals surface area contributed by atoms with Crippen LogP contribution in [-0.4, -0.2) is 56.5 Å². The third-order valence-corrected chi connectivity index (χ3v) is 3.52. The highest BCUT2D eigenvalue weighted by Crippen LogP contribution is 2.23. The molecule has 8 heteroatoms. The van der Waals surface area contributed by atoms with Crippen molar-refractivity contribution in [3.05, 3.63) is 29.4 Å². The summed E-state index contributed by atoms with van der Waals surface area (Å²) in [5.41, 5.74) is 0.629. The van der Waals surface area contributed by atoms with Crippen molar-refractivity contribution in [3.63, 3.8) is 0 Å². The predicted molar refractivity (Wildman–Crippen MR) is 69.1 cm³/mol. The number of fused-ring (bicyclic) bond motifs is 1. The normalized spacial score (nSPS) is 30.0. The van der Waals surface area contributed by atoms with Gasteiger partial charge in [0.25, 0.3) is 6.29 Å². The lowest BCUT2D eigenvalue weighted by atomic mass is 10.1. The van der Waals surface area contributed by atoms with Crippen LogP contribution in [0.25, 0.3) is 10.9 Å². The molecule has 1 saturated heterocycles. The van der Waals surface area contributed by atoms with Crippen LogP contribution in [0.4, 0.5) is 0 Å². The maximum Gasteiger partial charge on any atom is 0.256 e. The fourth-order valence-corrected chi connectivity index (χ4v) is 2.32. The van der Waals surface area contributed by atoms with Crippen LogP contribution >= 0.6 is 11.6 Å². The maximum atomic E-state index is 9.77. The molecule has 3 rings (SSSR count). The monoisotopic (exact) mass is 300 g/mol. The molecule has 1 aromatic carbocycles. The van der Waals surface area contributed by atoms with E-state index in [1.807, 2.05) is 0 Å². The molecule has 1 aromatic heterocycles. The zero-order chi connectivity index (χ0) is 14.3. The first-order chi connectivity index (χ1) is 9.60. The molecule has 1 aliphatic rings. The van der Waals surface area contributed by atoms with Gasteiger partial charge in [0.1, 0.15) is 18.3 Å². The van der Waals surface area contributed by atoms with E-state index in [0.29, 0.717) is 15.9 Å². The topological polar surface area (TPSA) is 97.0 Å². The number of rotatable bonds is 3. The van der Waals surface area contributed by atoms with Gasteiger partial charge >= 0.3 is 0 Å². The standard InChI is InChI=1S/C12H13ClN2O5/c13-7-2-1-3-8-6(7)4-15(14-8)20-12-11(18)10(17)9(5-16)19-12/h1-4,9-12,16-18H,5H2/t9-,10-,11-,12+/m1/s1. The lowest BCUT2D eigenvalue weighted by Crippen LogP contribution is -2.38. The lowest BCUT2D eigenvalue weighted by molar-refractivity contribution is -0.178. The summed E-state index contributed by atoms with van der Waals surface area (Å²) in [4.78, 5) is 6.46. The number of benzene rings is 1. The summed E-state index contributed by atoms with van der Waals surface area (Å²) < 4.78 is 5.20.